The molecule has 0 saturated heterocycles. The SMILES string of the molecule is CC(=O)N=Cc1ccc(CC(N)O)cc1. The van der Waals surface area contributed by atoms with Crippen LogP contribution < -0.4 is 5.73 Å². The molecule has 0 aliphatic carbocycles. The van der Waals surface area contributed by atoms with E-state index < -0.39 is 6.23 Å². The number of benzene rings is 1. The second-order valence-corrected chi connectivity index (χ2v) is 3.29. The molecule has 1 unspecified atom stereocenters. The van der Waals surface area contributed by atoms with Crippen LogP contribution in [0, 0.1) is 0 Å². The van der Waals surface area contributed by atoms with Gasteiger partial charge in [0, 0.05) is 19.6 Å². The van der Waals surface area contributed by atoms with Crippen LogP contribution in [-0.2, 0) is 11.2 Å². The fourth-order valence-corrected chi connectivity index (χ4v) is 1.15. The van der Waals surface area contributed by atoms with Crippen LogP contribution in [0.25, 0.3) is 0 Å². The zero-order chi connectivity index (χ0) is 11.3. The molecule has 1 aromatic carbocycles. The summed E-state index contributed by atoms with van der Waals surface area (Å²) in [5, 5.41) is 8.96. The number of carbonyl (C=O) groups is 1. The van der Waals surface area contributed by atoms with E-state index in [1.807, 2.05) is 24.3 Å². The Morgan fingerprint density at radius 3 is 2.60 bits per heavy atom. The quantitative estimate of drug-likeness (QED) is 0.557. The molecule has 1 atom stereocenters. The smallest absolute Gasteiger partial charge is 0.242 e. The van der Waals surface area contributed by atoms with Crippen molar-refractivity contribution in [2.45, 2.75) is 19.6 Å². The highest BCUT2D eigenvalue weighted by Gasteiger charge is 1.98. The Hall–Kier alpha value is -1.52. The minimum absolute atomic E-state index is 0.226. The molecule has 1 amide bonds. The van der Waals surface area contributed by atoms with Crippen LogP contribution in [0.15, 0.2) is 29.3 Å². The van der Waals surface area contributed by atoms with Gasteiger partial charge in [0.05, 0.1) is 0 Å². The van der Waals surface area contributed by atoms with Gasteiger partial charge in [0.25, 0.3) is 0 Å². The van der Waals surface area contributed by atoms with E-state index in [0.717, 1.165) is 11.1 Å². The maximum absolute atomic E-state index is 10.6. The summed E-state index contributed by atoms with van der Waals surface area (Å²) in [6.45, 7) is 1.40. The van der Waals surface area contributed by atoms with Gasteiger partial charge in [-0.1, -0.05) is 24.3 Å². The third-order valence-electron chi connectivity index (χ3n) is 1.82. The first-order chi connectivity index (χ1) is 7.08. The first-order valence-electron chi connectivity index (χ1n) is 4.65. The third-order valence-corrected chi connectivity index (χ3v) is 1.82. The van der Waals surface area contributed by atoms with Crippen molar-refractivity contribution in [1.29, 1.82) is 0 Å². The fraction of sp³-hybridized carbons (Fsp3) is 0.273. The summed E-state index contributed by atoms with van der Waals surface area (Å²) < 4.78 is 0. The molecule has 0 aromatic heterocycles. The minimum atomic E-state index is -0.832. The molecule has 0 heterocycles. The molecule has 0 radical (unpaired) electrons. The molecule has 0 aliphatic heterocycles. The van der Waals surface area contributed by atoms with Crippen LogP contribution in [0.2, 0.25) is 0 Å². The van der Waals surface area contributed by atoms with Crippen molar-refractivity contribution in [3.63, 3.8) is 0 Å². The number of hydrogen-bond donors (Lipinski definition) is 2. The standard InChI is InChI=1S/C11H14N2O2/c1-8(14)13-7-10-4-2-9(3-5-10)6-11(12)15/h2-5,7,11,15H,6,12H2,1H3. The zero-order valence-corrected chi connectivity index (χ0v) is 8.55. The van der Waals surface area contributed by atoms with E-state index in [-0.39, 0.29) is 5.91 Å². The number of aliphatic imine (C=N–C) groups is 1. The van der Waals surface area contributed by atoms with E-state index in [9.17, 15) is 4.79 Å². The molecule has 1 rings (SSSR count). The molecule has 3 N–H and O–H groups in total. The average molecular weight is 206 g/mol. The van der Waals surface area contributed by atoms with Crippen molar-refractivity contribution in [2.75, 3.05) is 0 Å². The molecule has 0 fully saturated rings. The Balaban J connectivity index is 2.68. The van der Waals surface area contributed by atoms with Crippen LogP contribution in [0.5, 0.6) is 0 Å². The highest BCUT2D eigenvalue weighted by atomic mass is 16.3. The maximum Gasteiger partial charge on any atom is 0.242 e. The molecular formula is C11H14N2O2. The van der Waals surface area contributed by atoms with Gasteiger partial charge in [-0.2, -0.15) is 0 Å². The highest BCUT2D eigenvalue weighted by molar-refractivity contribution is 5.90. The summed E-state index contributed by atoms with van der Waals surface area (Å²) in [5.74, 6) is -0.226. The summed E-state index contributed by atoms with van der Waals surface area (Å²) >= 11 is 0. The lowest BCUT2D eigenvalue weighted by Crippen LogP contribution is -2.21. The van der Waals surface area contributed by atoms with E-state index in [1.165, 1.54) is 13.1 Å². The first-order valence-corrected chi connectivity index (χ1v) is 4.65. The largest absolute Gasteiger partial charge is 0.378 e. The monoisotopic (exact) mass is 206 g/mol. The molecule has 4 nitrogen and oxygen atoms in total. The number of nitrogens with two attached hydrogens (primary N) is 1. The normalized spacial score (nSPS) is 13.0. The van der Waals surface area contributed by atoms with Gasteiger partial charge in [-0.15, -0.1) is 0 Å². The summed E-state index contributed by atoms with van der Waals surface area (Å²) in [7, 11) is 0. The van der Waals surface area contributed by atoms with Crippen LogP contribution in [0.4, 0.5) is 0 Å². The van der Waals surface area contributed by atoms with Gasteiger partial charge in [-0.3, -0.25) is 4.79 Å². The highest BCUT2D eigenvalue weighted by Crippen LogP contribution is 2.04. The average Bonchev–Trinajstić information content (AvgIpc) is 2.16. The van der Waals surface area contributed by atoms with Gasteiger partial charge in [0.2, 0.25) is 5.91 Å². The Morgan fingerprint density at radius 2 is 2.13 bits per heavy atom. The maximum atomic E-state index is 10.6. The first kappa shape index (κ1) is 11.6. The zero-order valence-electron chi connectivity index (χ0n) is 8.55. The van der Waals surface area contributed by atoms with Gasteiger partial charge in [0.1, 0.15) is 6.23 Å². The van der Waals surface area contributed by atoms with Crippen molar-refractivity contribution >= 4 is 12.1 Å². The van der Waals surface area contributed by atoms with Gasteiger partial charge in [0.15, 0.2) is 0 Å². The van der Waals surface area contributed by atoms with Crippen LogP contribution >= 0.6 is 0 Å². The van der Waals surface area contributed by atoms with Crippen molar-refractivity contribution in [1.82, 2.24) is 0 Å². The summed E-state index contributed by atoms with van der Waals surface area (Å²) in [5.41, 5.74) is 7.04. The molecule has 0 spiro atoms. The predicted molar refractivity (Wildman–Crippen MR) is 58.6 cm³/mol. The Morgan fingerprint density at radius 1 is 1.53 bits per heavy atom. The van der Waals surface area contributed by atoms with Gasteiger partial charge in [-0.05, 0) is 11.1 Å². The lowest BCUT2D eigenvalue weighted by molar-refractivity contribution is -0.115. The molecule has 0 saturated carbocycles. The van der Waals surface area contributed by atoms with E-state index in [2.05, 4.69) is 4.99 Å². The van der Waals surface area contributed by atoms with Crippen molar-refractivity contribution in [3.8, 4) is 0 Å². The van der Waals surface area contributed by atoms with Gasteiger partial charge < -0.3 is 10.8 Å². The van der Waals surface area contributed by atoms with E-state index in [0.29, 0.717) is 6.42 Å². The van der Waals surface area contributed by atoms with E-state index >= 15 is 0 Å². The fourth-order valence-electron chi connectivity index (χ4n) is 1.15. The molecule has 0 bridgehead atoms. The number of aliphatic hydroxyl groups excluding tert-OH is 1. The molecule has 80 valence electrons. The third kappa shape index (κ3) is 4.49. The van der Waals surface area contributed by atoms with Crippen LogP contribution in [0.3, 0.4) is 0 Å². The number of nitrogens with zero attached hydrogens (tertiary/aromatic N) is 1. The predicted octanol–water partition coefficient (Wildman–Crippen LogP) is 0.472. The van der Waals surface area contributed by atoms with E-state index in [1.54, 1.807) is 0 Å². The lowest BCUT2D eigenvalue weighted by atomic mass is 10.1. The molecular weight excluding hydrogens is 192 g/mol. The number of amides is 1. The van der Waals surface area contributed by atoms with Gasteiger partial charge >= 0.3 is 0 Å². The number of carbonyl (C=O) groups excluding carboxylic acids is 1. The Kier molecular flexibility index (Phi) is 4.15. The second-order valence-electron chi connectivity index (χ2n) is 3.29. The van der Waals surface area contributed by atoms with E-state index in [4.69, 9.17) is 10.8 Å². The molecule has 1 aromatic rings. The minimum Gasteiger partial charge on any atom is -0.378 e. The van der Waals surface area contributed by atoms with Crippen molar-refractivity contribution < 1.29 is 9.90 Å². The lowest BCUT2D eigenvalue weighted by Gasteiger charge is -2.03. The van der Waals surface area contributed by atoms with Crippen molar-refractivity contribution in [2.24, 2.45) is 10.7 Å². The van der Waals surface area contributed by atoms with Crippen LogP contribution in [0.1, 0.15) is 18.1 Å². The number of rotatable bonds is 3. The number of aliphatic hydroxyl groups is 1. The Labute approximate surface area is 88.4 Å². The topological polar surface area (TPSA) is 75.7 Å². The second kappa shape index (κ2) is 5.38. The molecule has 0 aliphatic rings. The summed E-state index contributed by atoms with van der Waals surface area (Å²) in [6, 6.07) is 7.34. The Bertz CT molecular complexity index is 355. The summed E-state index contributed by atoms with van der Waals surface area (Å²) in [6.07, 6.45) is 1.09. The van der Waals surface area contributed by atoms with Crippen molar-refractivity contribution in [3.05, 3.63) is 35.4 Å². The van der Waals surface area contributed by atoms with Crippen LogP contribution in [-0.4, -0.2) is 23.5 Å². The molecule has 4 heteroatoms. The number of hydrogen-bond acceptors (Lipinski definition) is 3. The molecule has 15 heavy (non-hydrogen) atoms. The van der Waals surface area contributed by atoms with Gasteiger partial charge in [-0.25, -0.2) is 4.99 Å². The summed E-state index contributed by atoms with van der Waals surface area (Å²) in [4.78, 5) is 14.2.